The highest BCUT2D eigenvalue weighted by atomic mass is 16.3. The number of phenolic OH excluding ortho intramolecular Hbond substituents is 1. The first-order valence-electron chi connectivity index (χ1n) is 7.50. The maximum absolute atomic E-state index is 10.1. The number of aryl methyl sites for hydroxylation is 1. The van der Waals surface area contributed by atoms with E-state index in [2.05, 4.69) is 24.5 Å². The van der Waals surface area contributed by atoms with Gasteiger partial charge in [-0.05, 0) is 49.3 Å². The summed E-state index contributed by atoms with van der Waals surface area (Å²) < 4.78 is 0. The topological polar surface area (TPSA) is 43.7 Å². The molecule has 0 aliphatic carbocycles. The summed E-state index contributed by atoms with van der Waals surface area (Å²) in [6.07, 6.45) is 4.88. The lowest BCUT2D eigenvalue weighted by Crippen LogP contribution is -2.34. The van der Waals surface area contributed by atoms with Gasteiger partial charge < -0.3 is 15.1 Å². The third kappa shape index (κ3) is 3.92. The van der Waals surface area contributed by atoms with E-state index in [0.717, 1.165) is 31.6 Å². The zero-order valence-electron chi connectivity index (χ0n) is 12.3. The van der Waals surface area contributed by atoms with Crippen molar-refractivity contribution in [3.8, 4) is 5.75 Å². The van der Waals surface area contributed by atoms with Crippen LogP contribution in [-0.4, -0.2) is 23.3 Å². The first-order valence-corrected chi connectivity index (χ1v) is 7.50. The highest BCUT2D eigenvalue weighted by Crippen LogP contribution is 2.32. The minimum atomic E-state index is 0.244. The van der Waals surface area contributed by atoms with Crippen molar-refractivity contribution in [1.29, 1.82) is 0 Å². The summed E-state index contributed by atoms with van der Waals surface area (Å²) in [6, 6.07) is 5.84. The lowest BCUT2D eigenvalue weighted by Gasteiger charge is -2.33. The van der Waals surface area contributed by atoms with E-state index in [1.54, 1.807) is 6.07 Å². The molecule has 1 aliphatic rings. The zero-order valence-corrected chi connectivity index (χ0v) is 12.3. The number of aliphatic hydroxyl groups excluding tert-OH is 1. The number of rotatable bonds is 5. The monoisotopic (exact) mass is 275 g/mol. The molecule has 1 saturated heterocycles. The van der Waals surface area contributed by atoms with Crippen LogP contribution in [0.2, 0.25) is 0 Å². The largest absolute Gasteiger partial charge is 0.513 e. The molecule has 0 spiro atoms. The Labute approximate surface area is 121 Å². The van der Waals surface area contributed by atoms with Crippen LogP contribution >= 0.6 is 0 Å². The van der Waals surface area contributed by atoms with Crippen molar-refractivity contribution in [3.63, 3.8) is 0 Å². The summed E-state index contributed by atoms with van der Waals surface area (Å²) in [5.41, 5.74) is 2.16. The second-order valence-corrected chi connectivity index (χ2v) is 5.94. The molecule has 1 aromatic carbocycles. The Hall–Kier alpha value is -1.64. The number of benzene rings is 1. The molecular weight excluding hydrogens is 250 g/mol. The fourth-order valence-electron chi connectivity index (χ4n) is 2.88. The molecule has 0 unspecified atom stereocenters. The van der Waals surface area contributed by atoms with Crippen molar-refractivity contribution in [3.05, 3.63) is 36.1 Å². The Kier molecular flexibility index (Phi) is 4.94. The van der Waals surface area contributed by atoms with Gasteiger partial charge in [0.2, 0.25) is 0 Å². The van der Waals surface area contributed by atoms with Gasteiger partial charge in [0.05, 0.1) is 11.4 Å². The number of allylic oxidation sites excluding steroid dienone is 1. The van der Waals surface area contributed by atoms with Crippen LogP contribution in [0.5, 0.6) is 5.75 Å². The van der Waals surface area contributed by atoms with Gasteiger partial charge in [0, 0.05) is 19.5 Å². The van der Waals surface area contributed by atoms with E-state index >= 15 is 0 Å². The molecule has 0 bridgehead atoms. The second kappa shape index (κ2) is 6.69. The molecule has 3 heteroatoms. The van der Waals surface area contributed by atoms with Crippen molar-refractivity contribution in [2.45, 2.75) is 39.0 Å². The van der Waals surface area contributed by atoms with Crippen molar-refractivity contribution in [1.82, 2.24) is 0 Å². The average molecular weight is 275 g/mol. The van der Waals surface area contributed by atoms with Crippen molar-refractivity contribution in [2.75, 3.05) is 18.0 Å². The maximum atomic E-state index is 10.1. The van der Waals surface area contributed by atoms with Crippen LogP contribution in [0, 0.1) is 5.92 Å². The predicted molar refractivity (Wildman–Crippen MR) is 83.4 cm³/mol. The van der Waals surface area contributed by atoms with E-state index in [9.17, 15) is 5.11 Å². The molecule has 0 radical (unpaired) electrons. The van der Waals surface area contributed by atoms with Crippen LogP contribution in [-0.2, 0) is 6.42 Å². The molecule has 1 aromatic rings. The first-order chi connectivity index (χ1) is 9.56. The quantitative estimate of drug-likeness (QED) is 0.798. The highest BCUT2D eigenvalue weighted by Gasteiger charge is 2.19. The fraction of sp³-hybridized carbons (Fsp3) is 0.529. The van der Waals surface area contributed by atoms with Crippen molar-refractivity contribution in [2.24, 2.45) is 5.92 Å². The standard InChI is InChI=1S/C17H25NO2/c1-13-5-4-10-18(12-13)16-11-15(8-9-17(16)20)7-3-6-14(2)19/h8-9,11,13,19-20H,2-7,10,12H2,1H3/t13-/m0/s1. The number of anilines is 1. The second-order valence-electron chi connectivity index (χ2n) is 5.94. The Bertz CT molecular complexity index is 470. The molecule has 0 aromatic heterocycles. The van der Waals surface area contributed by atoms with Crippen LogP contribution in [0.3, 0.4) is 0 Å². The zero-order chi connectivity index (χ0) is 14.5. The molecule has 110 valence electrons. The molecule has 1 aliphatic heterocycles. The van der Waals surface area contributed by atoms with Gasteiger partial charge in [-0.25, -0.2) is 0 Å². The van der Waals surface area contributed by atoms with Gasteiger partial charge in [-0.15, -0.1) is 0 Å². The normalized spacial score (nSPS) is 19.1. The number of aromatic hydroxyl groups is 1. The smallest absolute Gasteiger partial charge is 0.138 e. The van der Waals surface area contributed by atoms with Gasteiger partial charge >= 0.3 is 0 Å². The first kappa shape index (κ1) is 14.8. The van der Waals surface area contributed by atoms with Gasteiger partial charge in [-0.3, -0.25) is 0 Å². The molecule has 1 heterocycles. The van der Waals surface area contributed by atoms with Crippen LogP contribution in [0.1, 0.15) is 38.2 Å². The minimum absolute atomic E-state index is 0.244. The van der Waals surface area contributed by atoms with Crippen LogP contribution < -0.4 is 4.90 Å². The van der Waals surface area contributed by atoms with E-state index in [-0.39, 0.29) is 5.76 Å². The lowest BCUT2D eigenvalue weighted by molar-refractivity contribution is 0.387. The summed E-state index contributed by atoms with van der Waals surface area (Å²) in [6.45, 7) is 7.81. The van der Waals surface area contributed by atoms with E-state index in [1.165, 1.54) is 18.4 Å². The number of nitrogens with zero attached hydrogens (tertiary/aromatic N) is 1. The predicted octanol–water partition coefficient (Wildman–Crippen LogP) is 4.02. The molecule has 0 saturated carbocycles. The number of hydrogen-bond donors (Lipinski definition) is 2. The molecule has 2 rings (SSSR count). The van der Waals surface area contributed by atoms with Crippen LogP contribution in [0.4, 0.5) is 5.69 Å². The van der Waals surface area contributed by atoms with Gasteiger partial charge in [-0.2, -0.15) is 0 Å². The Morgan fingerprint density at radius 2 is 2.25 bits per heavy atom. The van der Waals surface area contributed by atoms with E-state index in [1.807, 2.05) is 6.07 Å². The summed E-state index contributed by atoms with van der Waals surface area (Å²) in [7, 11) is 0. The third-order valence-electron chi connectivity index (χ3n) is 3.97. The van der Waals surface area contributed by atoms with Crippen molar-refractivity contribution < 1.29 is 10.2 Å². The van der Waals surface area contributed by atoms with E-state index in [4.69, 9.17) is 5.11 Å². The Morgan fingerprint density at radius 1 is 1.45 bits per heavy atom. The van der Waals surface area contributed by atoms with Gasteiger partial charge in [0.15, 0.2) is 0 Å². The van der Waals surface area contributed by atoms with Crippen molar-refractivity contribution >= 4 is 5.69 Å². The molecule has 1 fully saturated rings. The summed E-state index contributed by atoms with van der Waals surface area (Å²) in [5.74, 6) is 1.30. The maximum Gasteiger partial charge on any atom is 0.138 e. The number of phenols is 1. The lowest BCUT2D eigenvalue weighted by atomic mass is 9.99. The van der Waals surface area contributed by atoms with Crippen LogP contribution in [0.25, 0.3) is 0 Å². The Balaban J connectivity index is 2.06. The molecular formula is C17H25NO2. The van der Waals surface area contributed by atoms with E-state index < -0.39 is 0 Å². The molecule has 3 nitrogen and oxygen atoms in total. The summed E-state index contributed by atoms with van der Waals surface area (Å²) in [4.78, 5) is 2.29. The van der Waals surface area contributed by atoms with Crippen LogP contribution in [0.15, 0.2) is 30.5 Å². The molecule has 20 heavy (non-hydrogen) atoms. The fourth-order valence-corrected chi connectivity index (χ4v) is 2.88. The minimum Gasteiger partial charge on any atom is -0.513 e. The third-order valence-corrected chi connectivity index (χ3v) is 3.97. The van der Waals surface area contributed by atoms with Gasteiger partial charge in [0.25, 0.3) is 0 Å². The SMILES string of the molecule is C=C(O)CCCc1ccc(O)c(N2CCC[C@H](C)C2)c1. The molecule has 0 amide bonds. The van der Waals surface area contributed by atoms with Gasteiger partial charge in [0.1, 0.15) is 5.75 Å². The number of aliphatic hydroxyl groups is 1. The van der Waals surface area contributed by atoms with Gasteiger partial charge in [-0.1, -0.05) is 19.6 Å². The molecule has 2 N–H and O–H groups in total. The highest BCUT2D eigenvalue weighted by molar-refractivity contribution is 5.59. The van der Waals surface area contributed by atoms with E-state index in [0.29, 0.717) is 18.1 Å². The summed E-state index contributed by atoms with van der Waals surface area (Å²) >= 11 is 0. The average Bonchev–Trinajstić information content (AvgIpc) is 2.40. The summed E-state index contributed by atoms with van der Waals surface area (Å²) in [5, 5.41) is 19.2. The Morgan fingerprint density at radius 3 is 2.95 bits per heavy atom. The molecule has 1 atom stereocenters. The number of piperidine rings is 1. The number of hydrogen-bond acceptors (Lipinski definition) is 3.